The lowest BCUT2D eigenvalue weighted by molar-refractivity contribution is -0.117. The van der Waals surface area contributed by atoms with Crippen LogP contribution in [0.25, 0.3) is 0 Å². The van der Waals surface area contributed by atoms with Crippen molar-refractivity contribution < 1.29 is 14.3 Å². The van der Waals surface area contributed by atoms with E-state index >= 15 is 0 Å². The smallest absolute Gasteiger partial charge is 0.344 e. The van der Waals surface area contributed by atoms with Crippen LogP contribution >= 0.6 is 0 Å². The average Bonchev–Trinajstić information content (AvgIpc) is 2.47. The number of cyclic esters (lactones) is 1. The van der Waals surface area contributed by atoms with Crippen LogP contribution in [-0.2, 0) is 14.3 Å². The van der Waals surface area contributed by atoms with Crippen molar-refractivity contribution in [2.45, 2.75) is 13.0 Å². The molecule has 0 aromatic heterocycles. The third-order valence-electron chi connectivity index (χ3n) is 0.762. The van der Waals surface area contributed by atoms with E-state index in [1.165, 1.54) is 0 Å². The molecule has 0 aliphatic carbocycles. The van der Waals surface area contributed by atoms with Gasteiger partial charge in [0.25, 0.3) is 0 Å². The highest BCUT2D eigenvalue weighted by molar-refractivity contribution is 5.82. The van der Waals surface area contributed by atoms with Gasteiger partial charge in [-0.05, 0) is 6.92 Å². The normalized spacial score (nSPS) is 29.6. The first-order valence-electron chi connectivity index (χ1n) is 2.56. The molecule has 0 bridgehead atoms. The van der Waals surface area contributed by atoms with E-state index in [-0.39, 0.29) is 5.97 Å². The molecule has 0 spiro atoms. The van der Waals surface area contributed by atoms with Gasteiger partial charge in [-0.2, -0.15) is 0 Å². The third-order valence-corrected chi connectivity index (χ3v) is 0.762. The lowest BCUT2D eigenvalue weighted by atomic mass is 10.6. The maximum Gasteiger partial charge on any atom is 0.344 e. The third kappa shape index (κ3) is 3.61. The van der Waals surface area contributed by atoms with E-state index < -0.39 is 0 Å². The predicted molar refractivity (Wildman–Crippen MR) is 26.4 cm³/mol. The monoisotopic (exact) mass is 116 g/mol. The highest BCUT2D eigenvalue weighted by Crippen LogP contribution is 2.04. The Morgan fingerprint density at radius 1 is 1.75 bits per heavy atom. The van der Waals surface area contributed by atoms with Gasteiger partial charge in [0.1, 0.15) is 0 Å². The zero-order valence-electron chi connectivity index (χ0n) is 4.72. The molecule has 2 saturated heterocycles. The Bertz CT molecular complexity index is 89.8. The molecule has 2 heterocycles. The van der Waals surface area contributed by atoms with Gasteiger partial charge in [0, 0.05) is 0 Å². The summed E-state index contributed by atoms with van der Waals surface area (Å²) in [5.74, 6) is -0.0833. The number of carbonyl (C=O) groups is 1. The molecule has 46 valence electrons. The summed E-state index contributed by atoms with van der Waals surface area (Å²) in [5.41, 5.74) is 0. The van der Waals surface area contributed by atoms with Crippen LogP contribution in [0.2, 0.25) is 0 Å². The number of hydrogen-bond donors (Lipinski definition) is 0. The summed E-state index contributed by atoms with van der Waals surface area (Å²) in [5, 5.41) is 0. The van der Waals surface area contributed by atoms with Crippen molar-refractivity contribution in [1.82, 2.24) is 0 Å². The van der Waals surface area contributed by atoms with Gasteiger partial charge in [0.2, 0.25) is 0 Å². The van der Waals surface area contributed by atoms with Gasteiger partial charge >= 0.3 is 5.97 Å². The molecule has 2 aliphatic heterocycles. The Hall–Kier alpha value is -0.570. The van der Waals surface area contributed by atoms with E-state index in [0.29, 0.717) is 12.7 Å². The minimum atomic E-state index is -0.0833. The molecule has 0 amide bonds. The van der Waals surface area contributed by atoms with Crippen LogP contribution in [0.1, 0.15) is 6.92 Å². The number of rotatable bonds is 0. The summed E-state index contributed by atoms with van der Waals surface area (Å²) in [6, 6.07) is 0. The lowest BCUT2D eigenvalue weighted by Crippen LogP contribution is -1.60. The maximum atomic E-state index is 9.33. The Labute approximate surface area is 47.6 Å². The second kappa shape index (κ2) is 2.13. The van der Waals surface area contributed by atoms with Gasteiger partial charge in [-0.1, -0.05) is 0 Å². The van der Waals surface area contributed by atoms with Crippen molar-refractivity contribution in [3.05, 3.63) is 0 Å². The Kier molecular flexibility index (Phi) is 1.48. The van der Waals surface area contributed by atoms with Gasteiger partial charge in [-0.3, -0.25) is 0 Å². The number of hydrogen-bond acceptors (Lipinski definition) is 3. The molecular weight excluding hydrogens is 108 g/mol. The molecule has 8 heavy (non-hydrogen) atoms. The minimum Gasteiger partial charge on any atom is -0.451 e. The quantitative estimate of drug-likeness (QED) is 0.416. The van der Waals surface area contributed by atoms with Crippen LogP contribution in [0.4, 0.5) is 0 Å². The molecule has 2 rings (SSSR count). The lowest BCUT2D eigenvalue weighted by Gasteiger charge is -1.50. The Balaban J connectivity index is 0.0000000800. The fourth-order valence-electron chi connectivity index (χ4n) is 0.126. The van der Waals surface area contributed by atoms with Crippen LogP contribution in [0.15, 0.2) is 0 Å². The molecular formula is C5H8O3. The van der Waals surface area contributed by atoms with Crippen molar-refractivity contribution in [3.63, 3.8) is 0 Å². The first kappa shape index (κ1) is 5.56. The van der Waals surface area contributed by atoms with Crippen LogP contribution < -0.4 is 0 Å². The second-order valence-electron chi connectivity index (χ2n) is 1.80. The van der Waals surface area contributed by atoms with E-state index in [4.69, 9.17) is 4.74 Å². The van der Waals surface area contributed by atoms with Gasteiger partial charge in [0.15, 0.2) is 6.61 Å². The summed E-state index contributed by atoms with van der Waals surface area (Å²) in [6.07, 6.45) is 0.583. The number of carbonyl (C=O) groups excluding carboxylic acids is 1. The first-order chi connectivity index (χ1) is 3.79. The summed E-state index contributed by atoms with van der Waals surface area (Å²) in [6.45, 7) is 3.39. The van der Waals surface area contributed by atoms with Crippen LogP contribution in [-0.4, -0.2) is 25.3 Å². The molecule has 0 aromatic carbocycles. The summed E-state index contributed by atoms with van der Waals surface area (Å²) < 4.78 is 8.78. The molecule has 0 aromatic rings. The predicted octanol–water partition coefficient (Wildman–Crippen LogP) is -0.0517. The van der Waals surface area contributed by atoms with Gasteiger partial charge in [-0.25, -0.2) is 4.79 Å². The summed E-state index contributed by atoms with van der Waals surface area (Å²) >= 11 is 0. The number of ether oxygens (including phenoxy) is 2. The zero-order valence-corrected chi connectivity index (χ0v) is 4.72. The molecule has 3 heteroatoms. The Morgan fingerprint density at radius 3 is 2.00 bits per heavy atom. The molecule has 3 nitrogen and oxygen atoms in total. The number of epoxide rings is 2. The fraction of sp³-hybridized carbons (Fsp3) is 0.800. The van der Waals surface area contributed by atoms with Gasteiger partial charge < -0.3 is 9.47 Å². The second-order valence-corrected chi connectivity index (χ2v) is 1.80. The Morgan fingerprint density at radius 2 is 2.00 bits per heavy atom. The van der Waals surface area contributed by atoms with E-state index in [9.17, 15) is 4.79 Å². The van der Waals surface area contributed by atoms with Crippen molar-refractivity contribution in [3.8, 4) is 0 Å². The van der Waals surface area contributed by atoms with E-state index in [0.717, 1.165) is 6.61 Å². The molecule has 0 N–H and O–H groups in total. The van der Waals surface area contributed by atoms with Gasteiger partial charge in [0.05, 0.1) is 12.7 Å². The largest absolute Gasteiger partial charge is 0.451 e. The molecule has 2 aliphatic rings. The average molecular weight is 116 g/mol. The van der Waals surface area contributed by atoms with Crippen molar-refractivity contribution in [1.29, 1.82) is 0 Å². The van der Waals surface area contributed by atoms with E-state index in [1.54, 1.807) is 0 Å². The molecule has 1 atom stereocenters. The van der Waals surface area contributed by atoms with Gasteiger partial charge in [-0.15, -0.1) is 0 Å². The SMILES string of the molecule is CC1CO1.O=C1CO1. The standard InChI is InChI=1S/C3H6O.C2H2O2/c1-3-2-4-3;3-2-1-4-2/h3H,2H2,1H3;1H2. The maximum absolute atomic E-state index is 9.33. The topological polar surface area (TPSA) is 42.1 Å². The molecule has 1 unspecified atom stereocenters. The van der Waals surface area contributed by atoms with Crippen LogP contribution in [0.5, 0.6) is 0 Å². The highest BCUT2D eigenvalue weighted by atomic mass is 16.6. The minimum absolute atomic E-state index is 0.0833. The first-order valence-corrected chi connectivity index (χ1v) is 2.56. The van der Waals surface area contributed by atoms with E-state index in [1.807, 2.05) is 0 Å². The van der Waals surface area contributed by atoms with Crippen LogP contribution in [0, 0.1) is 0 Å². The summed E-state index contributed by atoms with van der Waals surface area (Å²) in [4.78, 5) is 9.33. The van der Waals surface area contributed by atoms with Crippen LogP contribution in [0.3, 0.4) is 0 Å². The highest BCUT2D eigenvalue weighted by Gasteiger charge is 2.15. The molecule has 2 fully saturated rings. The fourth-order valence-corrected chi connectivity index (χ4v) is 0.126. The molecule has 0 saturated carbocycles. The van der Waals surface area contributed by atoms with Crippen molar-refractivity contribution in [2.75, 3.05) is 13.2 Å². The summed E-state index contributed by atoms with van der Waals surface area (Å²) in [7, 11) is 0. The zero-order chi connectivity index (χ0) is 5.98. The molecule has 0 radical (unpaired) electrons. The van der Waals surface area contributed by atoms with Crippen molar-refractivity contribution >= 4 is 5.97 Å². The van der Waals surface area contributed by atoms with E-state index in [2.05, 4.69) is 11.7 Å². The van der Waals surface area contributed by atoms with Crippen molar-refractivity contribution in [2.24, 2.45) is 0 Å².